The van der Waals surface area contributed by atoms with Crippen molar-refractivity contribution in [1.29, 1.82) is 0 Å². The maximum absolute atomic E-state index is 11.2. The van der Waals surface area contributed by atoms with E-state index in [1.54, 1.807) is 24.5 Å². The van der Waals surface area contributed by atoms with Gasteiger partial charge in [0.05, 0.1) is 25.2 Å². The summed E-state index contributed by atoms with van der Waals surface area (Å²) in [5.41, 5.74) is 6.81. The van der Waals surface area contributed by atoms with E-state index >= 15 is 0 Å². The van der Waals surface area contributed by atoms with Crippen molar-refractivity contribution in [3.63, 3.8) is 0 Å². The summed E-state index contributed by atoms with van der Waals surface area (Å²) in [7, 11) is 0. The first-order valence-electron chi connectivity index (χ1n) is 9.41. The van der Waals surface area contributed by atoms with Crippen molar-refractivity contribution in [1.82, 2.24) is 0 Å². The number of unbranched alkanes of at least 4 members (excludes halogenated alkanes) is 2. The van der Waals surface area contributed by atoms with Gasteiger partial charge in [0.15, 0.2) is 0 Å². The highest BCUT2D eigenvalue weighted by Crippen LogP contribution is 2.24. The first-order chi connectivity index (χ1) is 14.1. The van der Waals surface area contributed by atoms with Gasteiger partial charge in [-0.05, 0) is 67.8 Å². The van der Waals surface area contributed by atoms with Gasteiger partial charge in [0, 0.05) is 11.6 Å². The summed E-state index contributed by atoms with van der Waals surface area (Å²) in [6, 6.07) is 18.1. The number of hydrogen-bond acceptors (Lipinski definition) is 5. The summed E-state index contributed by atoms with van der Waals surface area (Å²) >= 11 is 4.05. The van der Waals surface area contributed by atoms with Crippen molar-refractivity contribution < 1.29 is 18.7 Å². The summed E-state index contributed by atoms with van der Waals surface area (Å²) in [6.07, 6.45) is 4.50. The molecule has 29 heavy (non-hydrogen) atoms. The van der Waals surface area contributed by atoms with Crippen LogP contribution in [-0.2, 0) is 0 Å². The lowest BCUT2D eigenvalue weighted by Gasteiger charge is -2.14. The zero-order valence-corrected chi connectivity index (χ0v) is 16.9. The SMILES string of the molecule is NC(=O)N(S)c1cccc(OCCCCCOc2ccc(-c3ccco3)cc2)c1. The molecule has 0 spiro atoms. The van der Waals surface area contributed by atoms with Crippen LogP contribution in [0.25, 0.3) is 11.3 Å². The van der Waals surface area contributed by atoms with E-state index in [1.807, 2.05) is 42.5 Å². The van der Waals surface area contributed by atoms with E-state index in [2.05, 4.69) is 12.8 Å². The van der Waals surface area contributed by atoms with Crippen molar-refractivity contribution in [2.24, 2.45) is 5.73 Å². The Hall–Kier alpha value is -3.06. The minimum absolute atomic E-state index is 0.574. The first kappa shape index (κ1) is 20.7. The van der Waals surface area contributed by atoms with Gasteiger partial charge in [-0.15, -0.1) is 0 Å². The number of anilines is 1. The lowest BCUT2D eigenvalue weighted by atomic mass is 10.2. The number of ether oxygens (including phenoxy) is 2. The van der Waals surface area contributed by atoms with E-state index in [0.29, 0.717) is 24.7 Å². The molecule has 0 bridgehead atoms. The normalized spacial score (nSPS) is 10.5. The average Bonchev–Trinajstić information content (AvgIpc) is 3.28. The Bertz CT molecular complexity index is 897. The van der Waals surface area contributed by atoms with Gasteiger partial charge in [0.1, 0.15) is 17.3 Å². The third kappa shape index (κ3) is 6.22. The lowest BCUT2D eigenvalue weighted by molar-refractivity contribution is 0.257. The largest absolute Gasteiger partial charge is 0.494 e. The van der Waals surface area contributed by atoms with Crippen LogP contribution in [0.4, 0.5) is 10.5 Å². The van der Waals surface area contributed by atoms with E-state index in [9.17, 15) is 4.79 Å². The Kier molecular flexibility index (Phi) is 7.47. The molecule has 2 amide bonds. The predicted octanol–water partition coefficient (Wildman–Crippen LogP) is 5.30. The Morgan fingerprint density at radius 3 is 2.31 bits per heavy atom. The monoisotopic (exact) mass is 412 g/mol. The first-order valence-corrected chi connectivity index (χ1v) is 9.81. The van der Waals surface area contributed by atoms with Crippen molar-refractivity contribution in [3.05, 3.63) is 66.9 Å². The van der Waals surface area contributed by atoms with E-state index < -0.39 is 6.03 Å². The Morgan fingerprint density at radius 1 is 0.931 bits per heavy atom. The molecule has 3 rings (SSSR count). The topological polar surface area (TPSA) is 77.9 Å². The Labute approximate surface area is 175 Å². The number of carbonyl (C=O) groups excluding carboxylic acids is 1. The predicted molar refractivity (Wildman–Crippen MR) is 116 cm³/mol. The standard InChI is InChI=1S/C22H24N2O4S/c23-22(25)24(29)18-6-4-7-20(16-18)27-14-3-1-2-13-26-19-11-9-17(10-12-19)21-8-5-15-28-21/h4-12,15-16,29H,1-3,13-14H2,(H2,23,25). The molecule has 0 aliphatic carbocycles. The molecule has 0 aliphatic rings. The highest BCUT2D eigenvalue weighted by Gasteiger charge is 2.08. The summed E-state index contributed by atoms with van der Waals surface area (Å²) in [6.45, 7) is 1.24. The second-order valence-corrected chi connectivity index (χ2v) is 6.81. The molecule has 6 nitrogen and oxygen atoms in total. The van der Waals surface area contributed by atoms with Crippen LogP contribution in [0, 0.1) is 0 Å². The number of nitrogens with zero attached hydrogens (tertiary/aromatic N) is 1. The number of urea groups is 1. The van der Waals surface area contributed by atoms with Crippen LogP contribution in [0.2, 0.25) is 0 Å². The molecule has 2 N–H and O–H groups in total. The number of nitrogens with two attached hydrogens (primary N) is 1. The van der Waals surface area contributed by atoms with Crippen LogP contribution in [0.1, 0.15) is 19.3 Å². The number of rotatable bonds is 10. The molecule has 152 valence electrons. The van der Waals surface area contributed by atoms with Gasteiger partial charge in [-0.1, -0.05) is 18.9 Å². The summed E-state index contributed by atoms with van der Waals surface area (Å²) in [5.74, 6) is 2.37. The molecule has 0 saturated carbocycles. The van der Waals surface area contributed by atoms with E-state index in [1.165, 1.54) is 0 Å². The van der Waals surface area contributed by atoms with Gasteiger partial charge in [-0.2, -0.15) is 0 Å². The van der Waals surface area contributed by atoms with E-state index in [0.717, 1.165) is 40.6 Å². The summed E-state index contributed by atoms with van der Waals surface area (Å²) < 4.78 is 18.0. The fourth-order valence-electron chi connectivity index (χ4n) is 2.75. The molecule has 0 saturated heterocycles. The molecule has 0 fully saturated rings. The third-order valence-corrected chi connectivity index (χ3v) is 4.69. The molecular formula is C22H24N2O4S. The van der Waals surface area contributed by atoms with Crippen molar-refractivity contribution in [2.45, 2.75) is 19.3 Å². The van der Waals surface area contributed by atoms with E-state index in [4.69, 9.17) is 19.6 Å². The van der Waals surface area contributed by atoms with Crippen LogP contribution in [0.3, 0.4) is 0 Å². The quantitative estimate of drug-likeness (QED) is 0.350. The molecule has 0 atom stereocenters. The average molecular weight is 413 g/mol. The minimum atomic E-state index is -0.638. The molecule has 0 aliphatic heterocycles. The number of carbonyl (C=O) groups is 1. The molecule has 0 unspecified atom stereocenters. The number of primary amides is 1. The zero-order valence-electron chi connectivity index (χ0n) is 16.0. The van der Waals surface area contributed by atoms with Crippen LogP contribution >= 0.6 is 12.8 Å². The highest BCUT2D eigenvalue weighted by molar-refractivity contribution is 7.82. The maximum Gasteiger partial charge on any atom is 0.329 e. The summed E-state index contributed by atoms with van der Waals surface area (Å²) in [4.78, 5) is 11.2. The van der Waals surface area contributed by atoms with Gasteiger partial charge >= 0.3 is 6.03 Å². The van der Waals surface area contributed by atoms with Crippen molar-refractivity contribution >= 4 is 24.5 Å². The van der Waals surface area contributed by atoms with Gasteiger partial charge in [0.25, 0.3) is 0 Å². The van der Waals surface area contributed by atoms with E-state index in [-0.39, 0.29) is 0 Å². The van der Waals surface area contributed by atoms with Gasteiger partial charge in [-0.25, -0.2) is 9.10 Å². The van der Waals surface area contributed by atoms with Gasteiger partial charge < -0.3 is 19.6 Å². The second kappa shape index (κ2) is 10.5. The minimum Gasteiger partial charge on any atom is -0.494 e. The molecular weight excluding hydrogens is 388 g/mol. The van der Waals surface area contributed by atoms with Crippen molar-refractivity contribution in [2.75, 3.05) is 17.5 Å². The number of thiol groups is 1. The molecule has 1 heterocycles. The Balaban J connectivity index is 1.31. The van der Waals surface area contributed by atoms with Crippen LogP contribution in [0.5, 0.6) is 11.5 Å². The molecule has 2 aromatic carbocycles. The van der Waals surface area contributed by atoms with Crippen LogP contribution < -0.4 is 19.5 Å². The number of furan rings is 1. The molecule has 7 heteroatoms. The fraction of sp³-hybridized carbons (Fsp3) is 0.227. The number of hydrogen-bond donors (Lipinski definition) is 2. The smallest absolute Gasteiger partial charge is 0.329 e. The highest BCUT2D eigenvalue weighted by atomic mass is 32.1. The Morgan fingerprint density at radius 2 is 1.66 bits per heavy atom. The molecule has 0 radical (unpaired) electrons. The zero-order chi connectivity index (χ0) is 20.5. The lowest BCUT2D eigenvalue weighted by Crippen LogP contribution is -2.27. The third-order valence-electron chi connectivity index (χ3n) is 4.26. The maximum atomic E-state index is 11.2. The fourth-order valence-corrected chi connectivity index (χ4v) is 2.88. The van der Waals surface area contributed by atoms with Crippen LogP contribution in [0.15, 0.2) is 71.3 Å². The second-order valence-electron chi connectivity index (χ2n) is 6.41. The van der Waals surface area contributed by atoms with Gasteiger partial charge in [-0.3, -0.25) is 0 Å². The number of amides is 2. The molecule has 1 aromatic heterocycles. The summed E-state index contributed by atoms with van der Waals surface area (Å²) in [5, 5.41) is 0. The van der Waals surface area contributed by atoms with Crippen LogP contribution in [-0.4, -0.2) is 19.2 Å². The van der Waals surface area contributed by atoms with Crippen molar-refractivity contribution in [3.8, 4) is 22.8 Å². The number of benzene rings is 2. The molecule has 3 aromatic rings. The van der Waals surface area contributed by atoms with Gasteiger partial charge in [0.2, 0.25) is 0 Å².